The van der Waals surface area contributed by atoms with E-state index in [9.17, 15) is 4.79 Å². The van der Waals surface area contributed by atoms with Gasteiger partial charge in [0.1, 0.15) is 15.5 Å². The van der Waals surface area contributed by atoms with Crippen molar-refractivity contribution in [3.8, 4) is 5.75 Å². The van der Waals surface area contributed by atoms with Crippen LogP contribution in [0.15, 0.2) is 36.5 Å². The Balaban J connectivity index is 1.63. The molecule has 3 aromatic rings. The summed E-state index contributed by atoms with van der Waals surface area (Å²) in [5, 5.41) is 4.03. The number of carbonyl (C=O) groups is 1. The van der Waals surface area contributed by atoms with E-state index in [1.807, 2.05) is 26.0 Å². The van der Waals surface area contributed by atoms with Crippen LogP contribution >= 0.6 is 11.3 Å². The van der Waals surface area contributed by atoms with Gasteiger partial charge in [0, 0.05) is 48.4 Å². The summed E-state index contributed by atoms with van der Waals surface area (Å²) >= 11 is 1.44. The molecular weight excluding hydrogens is 410 g/mol. The number of carbonyl (C=O) groups excluding carboxylic acids is 1. The van der Waals surface area contributed by atoms with Crippen LogP contribution in [0.25, 0.3) is 10.2 Å². The number of methoxy groups -OCH3 is 1. The molecule has 0 spiro atoms. The first-order valence-corrected chi connectivity index (χ1v) is 11.4. The van der Waals surface area contributed by atoms with Crippen molar-refractivity contribution < 1.29 is 14.3 Å². The lowest BCUT2D eigenvalue weighted by Crippen LogP contribution is -2.38. The zero-order valence-corrected chi connectivity index (χ0v) is 19.3. The molecule has 1 aliphatic heterocycles. The Labute approximate surface area is 187 Å². The molecule has 1 atom stereocenters. The van der Waals surface area contributed by atoms with Crippen molar-refractivity contribution in [2.24, 2.45) is 0 Å². The van der Waals surface area contributed by atoms with Crippen LogP contribution in [0.4, 0.5) is 0 Å². The molecule has 7 heteroatoms. The van der Waals surface area contributed by atoms with Gasteiger partial charge >= 0.3 is 0 Å². The predicted molar refractivity (Wildman–Crippen MR) is 124 cm³/mol. The molecule has 1 aromatic carbocycles. The van der Waals surface area contributed by atoms with Crippen molar-refractivity contribution >= 4 is 27.5 Å². The van der Waals surface area contributed by atoms with E-state index in [2.05, 4.69) is 40.3 Å². The Hall–Kier alpha value is -2.48. The van der Waals surface area contributed by atoms with Gasteiger partial charge in [-0.05, 0) is 38.5 Å². The summed E-state index contributed by atoms with van der Waals surface area (Å²) < 4.78 is 11.8. The van der Waals surface area contributed by atoms with Crippen LogP contribution in [-0.4, -0.2) is 48.6 Å². The Morgan fingerprint density at radius 2 is 2.23 bits per heavy atom. The van der Waals surface area contributed by atoms with Gasteiger partial charge in [0.25, 0.3) is 5.91 Å². The average molecular weight is 440 g/mol. The maximum Gasteiger partial charge on any atom is 0.262 e. The number of ether oxygens (including phenoxy) is 2. The van der Waals surface area contributed by atoms with Crippen molar-refractivity contribution in [1.82, 2.24) is 15.2 Å². The molecule has 0 aliphatic carbocycles. The highest BCUT2D eigenvalue weighted by molar-refractivity contribution is 7.20. The summed E-state index contributed by atoms with van der Waals surface area (Å²) in [6, 6.07) is 10.3. The number of thiophene rings is 1. The largest absolute Gasteiger partial charge is 0.496 e. The number of pyridine rings is 1. The number of fused-ring (bicyclic) bond motifs is 1. The van der Waals surface area contributed by atoms with E-state index >= 15 is 0 Å². The van der Waals surface area contributed by atoms with Crippen LogP contribution in [0, 0.1) is 6.92 Å². The van der Waals surface area contributed by atoms with Crippen molar-refractivity contribution in [1.29, 1.82) is 0 Å². The van der Waals surface area contributed by atoms with Crippen molar-refractivity contribution in [3.63, 3.8) is 0 Å². The quantitative estimate of drug-likeness (QED) is 0.620. The lowest BCUT2D eigenvalue weighted by molar-refractivity contribution is -0.0325. The zero-order chi connectivity index (χ0) is 22.0. The molecule has 0 radical (unpaired) electrons. The molecule has 164 valence electrons. The average Bonchev–Trinajstić information content (AvgIpc) is 3.14. The second kappa shape index (κ2) is 9.34. The number of morpholine rings is 1. The SMILES string of the molecule is COc1cc(C)ccc1CN1CCO[C@H](c2c(C(=O)NC(C)C)sc3ncccc23)C1. The molecule has 0 unspecified atom stereocenters. The molecule has 31 heavy (non-hydrogen) atoms. The first-order chi connectivity index (χ1) is 15.0. The highest BCUT2D eigenvalue weighted by Gasteiger charge is 2.30. The van der Waals surface area contributed by atoms with Gasteiger partial charge in [-0.25, -0.2) is 4.98 Å². The number of amides is 1. The maximum atomic E-state index is 13.0. The first kappa shape index (κ1) is 21.7. The molecule has 0 bridgehead atoms. The van der Waals surface area contributed by atoms with E-state index in [4.69, 9.17) is 9.47 Å². The van der Waals surface area contributed by atoms with Crippen LogP contribution in [-0.2, 0) is 11.3 Å². The second-order valence-corrected chi connectivity index (χ2v) is 9.24. The number of nitrogens with zero attached hydrogens (tertiary/aromatic N) is 2. The van der Waals surface area contributed by atoms with Gasteiger partial charge in [0.15, 0.2) is 0 Å². The smallest absolute Gasteiger partial charge is 0.262 e. The van der Waals surface area contributed by atoms with Crippen LogP contribution in [0.5, 0.6) is 5.75 Å². The van der Waals surface area contributed by atoms with Gasteiger partial charge in [-0.1, -0.05) is 18.2 Å². The zero-order valence-electron chi connectivity index (χ0n) is 18.5. The van der Waals surface area contributed by atoms with Crippen LogP contribution in [0.3, 0.4) is 0 Å². The summed E-state index contributed by atoms with van der Waals surface area (Å²) in [6.07, 6.45) is 1.58. The third-order valence-corrected chi connectivity index (χ3v) is 6.57. The van der Waals surface area contributed by atoms with Gasteiger partial charge in [-0.15, -0.1) is 11.3 Å². The molecule has 2 aromatic heterocycles. The van der Waals surface area contributed by atoms with E-state index < -0.39 is 0 Å². The Kier molecular flexibility index (Phi) is 6.55. The molecule has 1 fully saturated rings. The summed E-state index contributed by atoms with van der Waals surface area (Å²) in [6.45, 7) is 8.93. The summed E-state index contributed by atoms with van der Waals surface area (Å²) in [5.41, 5.74) is 3.29. The van der Waals surface area contributed by atoms with Crippen LogP contribution in [0.2, 0.25) is 0 Å². The molecule has 1 amide bonds. The molecule has 0 saturated carbocycles. The highest BCUT2D eigenvalue weighted by Crippen LogP contribution is 2.37. The fourth-order valence-corrected chi connectivity index (χ4v) is 5.11. The van der Waals surface area contributed by atoms with Gasteiger partial charge < -0.3 is 14.8 Å². The number of rotatable bonds is 6. The minimum absolute atomic E-state index is 0.0612. The van der Waals surface area contributed by atoms with Gasteiger partial charge in [0.05, 0.1) is 19.8 Å². The van der Waals surface area contributed by atoms with E-state index in [0.717, 1.165) is 40.2 Å². The summed E-state index contributed by atoms with van der Waals surface area (Å²) in [5.74, 6) is 0.846. The molecule has 1 N–H and O–H groups in total. The molecule has 1 aliphatic rings. The van der Waals surface area contributed by atoms with E-state index in [0.29, 0.717) is 18.0 Å². The highest BCUT2D eigenvalue weighted by atomic mass is 32.1. The van der Waals surface area contributed by atoms with Gasteiger partial charge in [0.2, 0.25) is 0 Å². The number of hydrogen-bond donors (Lipinski definition) is 1. The summed E-state index contributed by atoms with van der Waals surface area (Å²) in [7, 11) is 1.71. The molecule has 6 nitrogen and oxygen atoms in total. The number of nitrogens with one attached hydrogen (secondary N) is 1. The molecule has 4 rings (SSSR count). The third-order valence-electron chi connectivity index (χ3n) is 5.44. The van der Waals surface area contributed by atoms with Crippen LogP contribution in [0.1, 0.15) is 46.3 Å². The standard InChI is InChI=1S/C24H29N3O3S/c1-15(2)26-23(28)22-21(18-6-5-9-25-24(18)31-22)20-14-27(10-11-30-20)13-17-8-7-16(3)12-19(17)29-4/h5-9,12,15,20H,10-11,13-14H2,1-4H3,(H,26,28)/t20-/m0/s1. The number of benzene rings is 1. The summed E-state index contributed by atoms with van der Waals surface area (Å²) in [4.78, 5) is 21.4. The number of hydrogen-bond acceptors (Lipinski definition) is 6. The second-order valence-electron chi connectivity index (χ2n) is 8.24. The fourth-order valence-electron chi connectivity index (χ4n) is 4.01. The predicted octanol–water partition coefficient (Wildman–Crippen LogP) is 4.33. The molecule has 3 heterocycles. The van der Waals surface area contributed by atoms with E-state index in [1.165, 1.54) is 16.9 Å². The minimum atomic E-state index is -0.184. The fraction of sp³-hybridized carbons (Fsp3) is 0.417. The third kappa shape index (κ3) is 4.74. The minimum Gasteiger partial charge on any atom is -0.496 e. The van der Waals surface area contributed by atoms with Crippen molar-refractivity contribution in [2.75, 3.05) is 26.8 Å². The molecular formula is C24H29N3O3S. The van der Waals surface area contributed by atoms with E-state index in [-0.39, 0.29) is 18.1 Å². The Morgan fingerprint density at radius 1 is 1.39 bits per heavy atom. The van der Waals surface area contributed by atoms with Crippen molar-refractivity contribution in [2.45, 2.75) is 39.5 Å². The van der Waals surface area contributed by atoms with Gasteiger partial charge in [-0.3, -0.25) is 9.69 Å². The monoisotopic (exact) mass is 439 g/mol. The maximum absolute atomic E-state index is 13.0. The molecule has 1 saturated heterocycles. The van der Waals surface area contributed by atoms with Gasteiger partial charge in [-0.2, -0.15) is 0 Å². The Morgan fingerprint density at radius 3 is 3.00 bits per heavy atom. The lowest BCUT2D eigenvalue weighted by atomic mass is 10.0. The van der Waals surface area contributed by atoms with Crippen LogP contribution < -0.4 is 10.1 Å². The normalized spacial score (nSPS) is 17.3. The lowest BCUT2D eigenvalue weighted by Gasteiger charge is -2.33. The topological polar surface area (TPSA) is 63.7 Å². The van der Waals surface area contributed by atoms with E-state index in [1.54, 1.807) is 13.3 Å². The number of aromatic nitrogens is 1. The first-order valence-electron chi connectivity index (χ1n) is 10.6. The Bertz CT molecular complexity index is 1080. The van der Waals surface area contributed by atoms with Crippen molar-refractivity contribution in [3.05, 3.63) is 58.1 Å². The number of aryl methyl sites for hydroxylation is 1.